The Balaban J connectivity index is 1.71. The number of fused-ring (bicyclic) bond motifs is 3. The van der Waals surface area contributed by atoms with Crippen LogP contribution in [0.4, 0.5) is 0 Å². The van der Waals surface area contributed by atoms with E-state index in [-0.39, 0.29) is 4.90 Å². The van der Waals surface area contributed by atoms with E-state index < -0.39 is 63.3 Å². The topological polar surface area (TPSA) is 112 Å². The van der Waals surface area contributed by atoms with Gasteiger partial charge in [0.15, 0.2) is 21.5 Å². The summed E-state index contributed by atoms with van der Waals surface area (Å²) < 4.78 is 49.1. The molecule has 8 nitrogen and oxygen atoms in total. The highest BCUT2D eigenvalue weighted by Crippen LogP contribution is 2.69. The first-order chi connectivity index (χ1) is 11.9. The standard InChI is InChI=1S/C16H16O8S/c1-21-16-12-11(23-12)15(24-16)9(7-17)22-14(18)10(15)13(16)25(19,20)8-5-3-2-4-6-8/h2-6,9-13,17H,7H2,1H3/t9-,10?,11?,12?,13?,15?,16?/m0/s1. The molecular formula is C16H16O8S. The lowest BCUT2D eigenvalue weighted by Gasteiger charge is -2.31. The molecule has 4 aliphatic heterocycles. The summed E-state index contributed by atoms with van der Waals surface area (Å²) in [6.45, 7) is -0.479. The molecule has 0 radical (unpaired) electrons. The van der Waals surface area contributed by atoms with Crippen molar-refractivity contribution in [2.75, 3.05) is 13.7 Å². The summed E-state index contributed by atoms with van der Waals surface area (Å²) in [4.78, 5) is 12.6. The van der Waals surface area contributed by atoms with Crippen molar-refractivity contribution in [2.45, 2.75) is 39.8 Å². The summed E-state index contributed by atoms with van der Waals surface area (Å²) in [6.07, 6.45) is -2.11. The van der Waals surface area contributed by atoms with Gasteiger partial charge in [0, 0.05) is 7.11 Å². The van der Waals surface area contributed by atoms with Crippen LogP contribution in [0.3, 0.4) is 0 Å². The minimum Gasteiger partial charge on any atom is -0.456 e. The fourth-order valence-corrected chi connectivity index (χ4v) is 6.97. The molecule has 4 heterocycles. The summed E-state index contributed by atoms with van der Waals surface area (Å²) in [5, 5.41) is 8.34. The number of carbonyl (C=O) groups excluding carboxylic acids is 1. The largest absolute Gasteiger partial charge is 0.456 e. The number of methoxy groups -OCH3 is 1. The van der Waals surface area contributed by atoms with Gasteiger partial charge in [0.05, 0.1) is 11.5 Å². The number of benzene rings is 1. The zero-order valence-electron chi connectivity index (χ0n) is 13.2. The molecule has 6 unspecified atom stereocenters. The molecule has 5 rings (SSSR count). The molecule has 0 saturated carbocycles. The Morgan fingerprint density at radius 1 is 1.24 bits per heavy atom. The summed E-state index contributed by atoms with van der Waals surface area (Å²) >= 11 is 0. The first-order valence-electron chi connectivity index (χ1n) is 7.94. The number of esters is 1. The minimum absolute atomic E-state index is 0.0696. The van der Waals surface area contributed by atoms with Crippen molar-refractivity contribution in [1.82, 2.24) is 0 Å². The second kappa shape index (κ2) is 4.60. The maximum absolute atomic E-state index is 13.3. The molecule has 0 aromatic heterocycles. The molecule has 4 fully saturated rings. The zero-order chi connectivity index (χ0) is 17.6. The number of carbonyl (C=O) groups is 1. The first-order valence-corrected chi connectivity index (χ1v) is 9.49. The van der Waals surface area contributed by atoms with E-state index in [1.54, 1.807) is 18.2 Å². The highest BCUT2D eigenvalue weighted by Gasteiger charge is 2.92. The lowest BCUT2D eigenvalue weighted by atomic mass is 9.76. The van der Waals surface area contributed by atoms with Crippen molar-refractivity contribution in [1.29, 1.82) is 0 Å². The van der Waals surface area contributed by atoms with E-state index in [9.17, 15) is 18.3 Å². The molecule has 4 saturated heterocycles. The molecule has 25 heavy (non-hydrogen) atoms. The van der Waals surface area contributed by atoms with E-state index >= 15 is 0 Å². The molecule has 2 bridgehead atoms. The average Bonchev–Trinajstić information content (AvgIpc) is 3.24. The highest BCUT2D eigenvalue weighted by atomic mass is 32.2. The molecule has 1 spiro atoms. The SMILES string of the molecule is COC12OC3(C4OC41)C(C(=O)O[C@H]3CO)C2S(=O)(=O)c1ccccc1. The molecule has 0 amide bonds. The van der Waals surface area contributed by atoms with Gasteiger partial charge in [0.1, 0.15) is 23.4 Å². The van der Waals surface area contributed by atoms with Gasteiger partial charge in [-0.25, -0.2) is 8.42 Å². The van der Waals surface area contributed by atoms with Gasteiger partial charge in [-0.1, -0.05) is 18.2 Å². The van der Waals surface area contributed by atoms with Crippen LogP contribution in [0.15, 0.2) is 35.2 Å². The molecule has 7 atom stereocenters. The van der Waals surface area contributed by atoms with Gasteiger partial charge >= 0.3 is 5.97 Å². The molecule has 1 aromatic rings. The number of epoxide rings is 1. The third-order valence-electron chi connectivity index (χ3n) is 5.76. The maximum Gasteiger partial charge on any atom is 0.314 e. The van der Waals surface area contributed by atoms with Crippen molar-refractivity contribution in [3.8, 4) is 0 Å². The van der Waals surface area contributed by atoms with Crippen LogP contribution >= 0.6 is 0 Å². The number of hydrogen-bond acceptors (Lipinski definition) is 8. The minimum atomic E-state index is -3.98. The Labute approximate surface area is 143 Å². The van der Waals surface area contributed by atoms with E-state index in [0.717, 1.165) is 0 Å². The Morgan fingerprint density at radius 3 is 2.60 bits per heavy atom. The fourth-order valence-electron chi connectivity index (χ4n) is 4.75. The lowest BCUT2D eigenvalue weighted by molar-refractivity contribution is -0.254. The lowest BCUT2D eigenvalue weighted by Crippen LogP contribution is -2.56. The van der Waals surface area contributed by atoms with Crippen LogP contribution in [0.25, 0.3) is 0 Å². The van der Waals surface area contributed by atoms with Gasteiger partial charge in [-0.2, -0.15) is 0 Å². The Kier molecular flexibility index (Phi) is 2.89. The molecular weight excluding hydrogens is 352 g/mol. The smallest absolute Gasteiger partial charge is 0.314 e. The molecule has 134 valence electrons. The van der Waals surface area contributed by atoms with Crippen molar-refractivity contribution in [2.24, 2.45) is 5.92 Å². The van der Waals surface area contributed by atoms with Crippen LogP contribution in [0.1, 0.15) is 0 Å². The third-order valence-corrected chi connectivity index (χ3v) is 7.96. The maximum atomic E-state index is 13.3. The Morgan fingerprint density at radius 2 is 1.96 bits per heavy atom. The van der Waals surface area contributed by atoms with Crippen molar-refractivity contribution in [3.05, 3.63) is 30.3 Å². The van der Waals surface area contributed by atoms with E-state index in [4.69, 9.17) is 18.9 Å². The molecule has 1 aromatic carbocycles. The number of sulfone groups is 1. The number of rotatable bonds is 4. The summed E-state index contributed by atoms with van der Waals surface area (Å²) in [5.74, 6) is -3.41. The van der Waals surface area contributed by atoms with Crippen LogP contribution < -0.4 is 0 Å². The summed E-state index contributed by atoms with van der Waals surface area (Å²) in [7, 11) is -2.64. The van der Waals surface area contributed by atoms with E-state index in [2.05, 4.69) is 0 Å². The average molecular weight is 368 g/mol. The van der Waals surface area contributed by atoms with Gasteiger partial charge in [0.2, 0.25) is 5.79 Å². The van der Waals surface area contributed by atoms with Gasteiger partial charge in [-0.15, -0.1) is 0 Å². The van der Waals surface area contributed by atoms with Crippen LogP contribution in [0.2, 0.25) is 0 Å². The van der Waals surface area contributed by atoms with E-state index in [1.807, 2.05) is 0 Å². The Hall–Kier alpha value is -1.52. The number of hydrogen-bond donors (Lipinski definition) is 1. The second-order valence-corrected chi connectivity index (χ2v) is 8.79. The highest BCUT2D eigenvalue weighted by molar-refractivity contribution is 7.92. The normalized spacial score (nSPS) is 46.6. The third kappa shape index (κ3) is 1.57. The zero-order valence-corrected chi connectivity index (χ0v) is 14.0. The van der Waals surface area contributed by atoms with Gasteiger partial charge in [0.25, 0.3) is 0 Å². The monoisotopic (exact) mass is 368 g/mol. The van der Waals surface area contributed by atoms with Crippen LogP contribution in [0.5, 0.6) is 0 Å². The molecule has 9 heteroatoms. The van der Waals surface area contributed by atoms with E-state index in [1.165, 1.54) is 19.2 Å². The molecule has 4 aliphatic rings. The van der Waals surface area contributed by atoms with Crippen molar-refractivity contribution < 1.29 is 37.3 Å². The van der Waals surface area contributed by atoms with Gasteiger partial charge in [-0.3, -0.25) is 4.79 Å². The summed E-state index contributed by atoms with van der Waals surface area (Å²) in [5.41, 5.74) is -1.33. The quantitative estimate of drug-likeness (QED) is 0.546. The Bertz CT molecular complexity index is 854. The van der Waals surface area contributed by atoms with Gasteiger partial charge in [-0.05, 0) is 12.1 Å². The number of aliphatic hydroxyl groups excluding tert-OH is 1. The number of ether oxygens (including phenoxy) is 4. The number of cyclic esters (lactones) is 1. The second-order valence-electron chi connectivity index (χ2n) is 6.72. The summed E-state index contributed by atoms with van der Waals surface area (Å²) in [6, 6.07) is 7.85. The van der Waals surface area contributed by atoms with Crippen molar-refractivity contribution >= 4 is 15.8 Å². The molecule has 1 N–H and O–H groups in total. The van der Waals surface area contributed by atoms with Crippen LogP contribution in [-0.2, 0) is 33.6 Å². The predicted molar refractivity (Wildman–Crippen MR) is 80.1 cm³/mol. The molecule has 0 aliphatic carbocycles. The van der Waals surface area contributed by atoms with Gasteiger partial charge < -0.3 is 24.1 Å². The van der Waals surface area contributed by atoms with Crippen LogP contribution in [-0.4, -0.2) is 68.2 Å². The van der Waals surface area contributed by atoms with E-state index in [0.29, 0.717) is 0 Å². The first kappa shape index (κ1) is 15.7. The van der Waals surface area contributed by atoms with Crippen molar-refractivity contribution in [3.63, 3.8) is 0 Å². The van der Waals surface area contributed by atoms with Crippen LogP contribution in [0, 0.1) is 5.92 Å². The number of aliphatic hydroxyl groups is 1. The fraction of sp³-hybridized carbons (Fsp3) is 0.562. The predicted octanol–water partition coefficient (Wildman–Crippen LogP) is -0.744.